The first kappa shape index (κ1) is 20.0. The highest BCUT2D eigenvalue weighted by Gasteiger charge is 2.09. The largest absolute Gasteiger partial charge is 0.487 e. The van der Waals surface area contributed by atoms with E-state index in [1.165, 1.54) is 0 Å². The lowest BCUT2D eigenvalue weighted by Gasteiger charge is -2.13. The Hall–Kier alpha value is -3.28. The van der Waals surface area contributed by atoms with E-state index in [9.17, 15) is 9.59 Å². The number of ether oxygens (including phenoxy) is 1. The van der Waals surface area contributed by atoms with Gasteiger partial charge in [0.15, 0.2) is 0 Å². The average Bonchev–Trinajstić information content (AvgIpc) is 2.65. The molecule has 0 aliphatic heterocycles. The third-order valence-electron chi connectivity index (χ3n) is 3.51. The van der Waals surface area contributed by atoms with E-state index in [1.807, 2.05) is 38.1 Å². The number of benzene rings is 2. The van der Waals surface area contributed by atoms with Crippen LogP contribution in [0.25, 0.3) is 0 Å². The molecule has 0 fully saturated rings. The van der Waals surface area contributed by atoms with Gasteiger partial charge < -0.3 is 20.7 Å². The van der Waals surface area contributed by atoms with Gasteiger partial charge in [-0.15, -0.1) is 0 Å². The number of rotatable bonds is 9. The first-order valence-electron chi connectivity index (χ1n) is 8.77. The molecule has 0 aliphatic rings. The Morgan fingerprint density at radius 3 is 2.67 bits per heavy atom. The van der Waals surface area contributed by atoms with Crippen molar-refractivity contribution in [2.75, 3.05) is 23.8 Å². The smallest absolute Gasteiger partial charge is 0.251 e. The standard InChI is InChI=1S/C21H25N3O3/c1-4-12-27-19-11-6-5-10-18(19)22-14-20(25)24-17-9-7-8-16(13-17)21(26)23-15(2)3/h4-11,13,15,22H,1,12,14H2,2-3H3,(H,23,26)(H,24,25). The third kappa shape index (κ3) is 6.51. The zero-order chi connectivity index (χ0) is 19.6. The zero-order valence-electron chi connectivity index (χ0n) is 15.6. The van der Waals surface area contributed by atoms with Crippen molar-refractivity contribution < 1.29 is 14.3 Å². The van der Waals surface area contributed by atoms with Gasteiger partial charge in [-0.2, -0.15) is 0 Å². The molecule has 2 aromatic carbocycles. The molecular weight excluding hydrogens is 342 g/mol. The van der Waals surface area contributed by atoms with Crippen LogP contribution in [0.2, 0.25) is 0 Å². The van der Waals surface area contributed by atoms with Gasteiger partial charge in [-0.1, -0.05) is 30.9 Å². The predicted molar refractivity (Wildman–Crippen MR) is 108 cm³/mol. The van der Waals surface area contributed by atoms with Gasteiger partial charge in [-0.05, 0) is 44.2 Å². The number of hydrogen-bond donors (Lipinski definition) is 3. The fourth-order valence-corrected chi connectivity index (χ4v) is 2.35. The summed E-state index contributed by atoms with van der Waals surface area (Å²) >= 11 is 0. The number of anilines is 2. The minimum absolute atomic E-state index is 0.0447. The van der Waals surface area contributed by atoms with Crippen LogP contribution in [0.4, 0.5) is 11.4 Å². The first-order valence-corrected chi connectivity index (χ1v) is 8.77. The molecule has 0 radical (unpaired) electrons. The molecule has 2 rings (SSSR count). The number of amides is 2. The number of carbonyl (C=O) groups excluding carboxylic acids is 2. The lowest BCUT2D eigenvalue weighted by Crippen LogP contribution is -2.30. The molecule has 0 atom stereocenters. The van der Waals surface area contributed by atoms with E-state index in [2.05, 4.69) is 22.5 Å². The lowest BCUT2D eigenvalue weighted by molar-refractivity contribution is -0.114. The summed E-state index contributed by atoms with van der Waals surface area (Å²) < 4.78 is 5.55. The monoisotopic (exact) mass is 367 g/mol. The highest BCUT2D eigenvalue weighted by molar-refractivity contribution is 5.98. The van der Waals surface area contributed by atoms with Gasteiger partial charge in [0.25, 0.3) is 5.91 Å². The van der Waals surface area contributed by atoms with Crippen LogP contribution in [0.3, 0.4) is 0 Å². The molecule has 0 aliphatic carbocycles. The van der Waals surface area contributed by atoms with E-state index in [-0.39, 0.29) is 24.4 Å². The number of nitrogens with one attached hydrogen (secondary N) is 3. The van der Waals surface area contributed by atoms with E-state index in [0.717, 1.165) is 5.69 Å². The maximum absolute atomic E-state index is 12.2. The molecule has 2 amide bonds. The fraction of sp³-hybridized carbons (Fsp3) is 0.238. The third-order valence-corrected chi connectivity index (χ3v) is 3.51. The molecule has 142 valence electrons. The summed E-state index contributed by atoms with van der Waals surface area (Å²) in [5.41, 5.74) is 1.78. The Labute approximate surface area is 159 Å². The SMILES string of the molecule is C=CCOc1ccccc1NCC(=O)Nc1cccc(C(=O)NC(C)C)c1. The van der Waals surface area contributed by atoms with Gasteiger partial charge in [0.05, 0.1) is 12.2 Å². The van der Waals surface area contributed by atoms with Gasteiger partial charge in [-0.25, -0.2) is 0 Å². The first-order chi connectivity index (χ1) is 13.0. The van der Waals surface area contributed by atoms with Gasteiger partial charge in [0, 0.05) is 17.3 Å². The fourth-order valence-electron chi connectivity index (χ4n) is 2.35. The van der Waals surface area contributed by atoms with E-state index >= 15 is 0 Å². The van der Waals surface area contributed by atoms with Crippen LogP contribution in [-0.2, 0) is 4.79 Å². The van der Waals surface area contributed by atoms with Crippen molar-refractivity contribution in [2.45, 2.75) is 19.9 Å². The van der Waals surface area contributed by atoms with Crippen LogP contribution < -0.4 is 20.7 Å². The topological polar surface area (TPSA) is 79.5 Å². The predicted octanol–water partition coefficient (Wildman–Crippen LogP) is 3.44. The molecule has 0 unspecified atom stereocenters. The Balaban J connectivity index is 1.95. The molecule has 2 aromatic rings. The lowest BCUT2D eigenvalue weighted by atomic mass is 10.1. The summed E-state index contributed by atoms with van der Waals surface area (Å²) in [7, 11) is 0. The molecule has 3 N–H and O–H groups in total. The molecule has 0 spiro atoms. The second-order valence-electron chi connectivity index (χ2n) is 6.21. The Kier molecular flexibility index (Phi) is 7.43. The van der Waals surface area contributed by atoms with Crippen LogP contribution in [0.5, 0.6) is 5.75 Å². The molecule has 6 heteroatoms. The van der Waals surface area contributed by atoms with E-state index in [0.29, 0.717) is 23.6 Å². The summed E-state index contributed by atoms with van der Waals surface area (Å²) in [4.78, 5) is 24.3. The Morgan fingerprint density at radius 2 is 1.93 bits per heavy atom. The second-order valence-corrected chi connectivity index (χ2v) is 6.21. The Bertz CT molecular complexity index is 803. The molecule has 0 saturated carbocycles. The van der Waals surface area contributed by atoms with E-state index in [4.69, 9.17) is 4.74 Å². The van der Waals surface area contributed by atoms with Crippen molar-refractivity contribution in [3.63, 3.8) is 0 Å². The normalized spacial score (nSPS) is 10.2. The minimum Gasteiger partial charge on any atom is -0.487 e. The summed E-state index contributed by atoms with van der Waals surface area (Å²) in [5, 5.41) is 8.66. The highest BCUT2D eigenvalue weighted by Crippen LogP contribution is 2.23. The molecule has 6 nitrogen and oxygen atoms in total. The number of para-hydroxylation sites is 2. The van der Waals surface area contributed by atoms with Crippen LogP contribution in [-0.4, -0.2) is 31.0 Å². The quantitative estimate of drug-likeness (QED) is 0.593. The van der Waals surface area contributed by atoms with E-state index in [1.54, 1.807) is 30.3 Å². The molecule has 0 bridgehead atoms. The summed E-state index contributed by atoms with van der Waals surface area (Å²) in [6.45, 7) is 7.86. The van der Waals surface area contributed by atoms with Gasteiger partial charge in [-0.3, -0.25) is 9.59 Å². The maximum Gasteiger partial charge on any atom is 0.251 e. The number of carbonyl (C=O) groups is 2. The van der Waals surface area contributed by atoms with Gasteiger partial charge >= 0.3 is 0 Å². The van der Waals surface area contributed by atoms with Crippen molar-refractivity contribution in [1.82, 2.24) is 5.32 Å². The van der Waals surface area contributed by atoms with Crippen molar-refractivity contribution in [1.29, 1.82) is 0 Å². The molecule has 27 heavy (non-hydrogen) atoms. The Morgan fingerprint density at radius 1 is 1.15 bits per heavy atom. The van der Waals surface area contributed by atoms with Crippen LogP contribution >= 0.6 is 0 Å². The molecular formula is C21H25N3O3. The molecule has 0 heterocycles. The van der Waals surface area contributed by atoms with Crippen LogP contribution in [0, 0.1) is 0 Å². The zero-order valence-corrected chi connectivity index (χ0v) is 15.6. The van der Waals surface area contributed by atoms with Gasteiger partial charge in [0.1, 0.15) is 12.4 Å². The summed E-state index contributed by atoms with van der Waals surface area (Å²) in [6, 6.07) is 14.2. The van der Waals surface area contributed by atoms with Crippen molar-refractivity contribution >= 4 is 23.2 Å². The second kappa shape index (κ2) is 10.0. The highest BCUT2D eigenvalue weighted by atomic mass is 16.5. The van der Waals surface area contributed by atoms with Crippen molar-refractivity contribution in [3.8, 4) is 5.75 Å². The molecule has 0 aromatic heterocycles. The minimum atomic E-state index is -0.227. The number of hydrogen-bond acceptors (Lipinski definition) is 4. The van der Waals surface area contributed by atoms with Crippen LogP contribution in [0.15, 0.2) is 61.2 Å². The average molecular weight is 367 g/mol. The van der Waals surface area contributed by atoms with Crippen LogP contribution in [0.1, 0.15) is 24.2 Å². The van der Waals surface area contributed by atoms with Gasteiger partial charge in [0.2, 0.25) is 5.91 Å². The summed E-state index contributed by atoms with van der Waals surface area (Å²) in [5.74, 6) is 0.250. The van der Waals surface area contributed by atoms with Crippen molar-refractivity contribution in [2.24, 2.45) is 0 Å². The maximum atomic E-state index is 12.2. The summed E-state index contributed by atoms with van der Waals surface area (Å²) in [6.07, 6.45) is 1.66. The molecule has 0 saturated heterocycles. The van der Waals surface area contributed by atoms with E-state index < -0.39 is 0 Å². The van der Waals surface area contributed by atoms with Crippen molar-refractivity contribution in [3.05, 3.63) is 66.7 Å².